The minimum atomic E-state index is 0.686. The van der Waals surface area contributed by atoms with Crippen LogP contribution in [0.1, 0.15) is 5.69 Å². The topological polar surface area (TPSA) is 68.8 Å². The number of aryl methyl sites for hydroxylation is 1. The highest BCUT2D eigenvalue weighted by Gasteiger charge is 2.02. The first-order chi connectivity index (χ1) is 9.33. The summed E-state index contributed by atoms with van der Waals surface area (Å²) in [6, 6.07) is 7.98. The molecule has 0 unspecified atom stereocenters. The first-order valence-electron chi connectivity index (χ1n) is 5.89. The van der Waals surface area contributed by atoms with E-state index in [1.807, 2.05) is 31.3 Å². The van der Waals surface area contributed by atoms with Crippen molar-refractivity contribution in [2.24, 2.45) is 7.05 Å². The maximum Gasteiger partial charge on any atom is 0.181 e. The predicted octanol–water partition coefficient (Wildman–Crippen LogP) is 2.08. The van der Waals surface area contributed by atoms with E-state index in [1.165, 1.54) is 6.39 Å². The number of benzene rings is 1. The third kappa shape index (κ3) is 2.47. The van der Waals surface area contributed by atoms with Crippen molar-refractivity contribution < 1.29 is 4.42 Å². The molecule has 0 aliphatic carbocycles. The van der Waals surface area contributed by atoms with Gasteiger partial charge in [0.2, 0.25) is 0 Å². The molecular weight excluding hydrogens is 242 g/mol. The number of hydrogen-bond donors (Lipinski definition) is 1. The summed E-state index contributed by atoms with van der Waals surface area (Å²) in [5, 5.41) is 11.0. The van der Waals surface area contributed by atoms with Crippen LogP contribution in [0.2, 0.25) is 0 Å². The summed E-state index contributed by atoms with van der Waals surface area (Å²) in [7, 11) is 1.87. The first kappa shape index (κ1) is 11.5. The van der Waals surface area contributed by atoms with E-state index >= 15 is 0 Å². The molecule has 1 aromatic carbocycles. The fourth-order valence-electron chi connectivity index (χ4n) is 1.77. The molecule has 2 aromatic heterocycles. The molecule has 2 heterocycles. The third-order valence-electron chi connectivity index (χ3n) is 2.88. The van der Waals surface area contributed by atoms with Crippen molar-refractivity contribution in [3.63, 3.8) is 0 Å². The van der Waals surface area contributed by atoms with Crippen LogP contribution >= 0.6 is 0 Å². The van der Waals surface area contributed by atoms with E-state index < -0.39 is 0 Å². The molecule has 0 radical (unpaired) electrons. The molecule has 3 aromatic rings. The van der Waals surface area contributed by atoms with E-state index in [0.717, 1.165) is 22.7 Å². The summed E-state index contributed by atoms with van der Waals surface area (Å²) in [4.78, 5) is 3.90. The smallest absolute Gasteiger partial charge is 0.181 e. The van der Waals surface area contributed by atoms with Gasteiger partial charge in [-0.05, 0) is 24.3 Å². The van der Waals surface area contributed by atoms with Crippen molar-refractivity contribution in [3.8, 4) is 11.3 Å². The Hall–Kier alpha value is -2.63. The van der Waals surface area contributed by atoms with Gasteiger partial charge >= 0.3 is 0 Å². The van der Waals surface area contributed by atoms with Crippen LogP contribution in [-0.4, -0.2) is 20.0 Å². The summed E-state index contributed by atoms with van der Waals surface area (Å²) in [6.45, 7) is 0.686. The Bertz CT molecular complexity index is 642. The summed E-state index contributed by atoms with van der Waals surface area (Å²) in [5.41, 5.74) is 3.06. The van der Waals surface area contributed by atoms with Crippen molar-refractivity contribution in [1.29, 1.82) is 0 Å². The second kappa shape index (κ2) is 4.93. The molecule has 0 bridgehead atoms. The van der Waals surface area contributed by atoms with Crippen LogP contribution in [-0.2, 0) is 13.6 Å². The monoisotopic (exact) mass is 255 g/mol. The van der Waals surface area contributed by atoms with Crippen molar-refractivity contribution in [1.82, 2.24) is 20.0 Å². The molecule has 0 spiro atoms. The second-order valence-corrected chi connectivity index (χ2v) is 4.15. The van der Waals surface area contributed by atoms with Gasteiger partial charge in [0.15, 0.2) is 12.2 Å². The molecule has 0 aliphatic heterocycles. The van der Waals surface area contributed by atoms with Gasteiger partial charge in [-0.15, -0.1) is 5.10 Å². The minimum absolute atomic E-state index is 0.686. The Morgan fingerprint density at radius 1 is 1.21 bits per heavy atom. The van der Waals surface area contributed by atoms with Gasteiger partial charge in [0.05, 0.1) is 24.6 Å². The Morgan fingerprint density at radius 2 is 2.05 bits per heavy atom. The molecule has 6 nitrogen and oxygen atoms in total. The molecule has 0 saturated carbocycles. The van der Waals surface area contributed by atoms with Gasteiger partial charge in [-0.2, -0.15) is 0 Å². The van der Waals surface area contributed by atoms with E-state index in [2.05, 4.69) is 20.6 Å². The SMILES string of the molecule is Cn1nncc1CNc1ccc(-c2cnco2)cc1. The molecule has 96 valence electrons. The normalized spacial score (nSPS) is 10.6. The van der Waals surface area contributed by atoms with E-state index in [0.29, 0.717) is 6.54 Å². The molecule has 0 saturated heterocycles. The molecule has 6 heteroatoms. The largest absolute Gasteiger partial charge is 0.444 e. The lowest BCUT2D eigenvalue weighted by molar-refractivity contribution is 0.572. The number of oxazole rings is 1. The number of anilines is 1. The highest BCUT2D eigenvalue weighted by atomic mass is 16.3. The number of nitrogens with zero attached hydrogens (tertiary/aromatic N) is 4. The van der Waals surface area contributed by atoms with E-state index in [1.54, 1.807) is 17.1 Å². The number of nitrogens with one attached hydrogen (secondary N) is 1. The van der Waals surface area contributed by atoms with Gasteiger partial charge in [0.25, 0.3) is 0 Å². The van der Waals surface area contributed by atoms with Crippen molar-refractivity contribution in [2.75, 3.05) is 5.32 Å². The highest BCUT2D eigenvalue weighted by Crippen LogP contribution is 2.20. The van der Waals surface area contributed by atoms with Gasteiger partial charge in [0, 0.05) is 18.3 Å². The second-order valence-electron chi connectivity index (χ2n) is 4.15. The zero-order valence-corrected chi connectivity index (χ0v) is 10.4. The summed E-state index contributed by atoms with van der Waals surface area (Å²) in [6.07, 6.45) is 4.87. The quantitative estimate of drug-likeness (QED) is 0.773. The van der Waals surface area contributed by atoms with Gasteiger partial charge < -0.3 is 9.73 Å². The Kier molecular flexibility index (Phi) is 2.97. The fourth-order valence-corrected chi connectivity index (χ4v) is 1.77. The lowest BCUT2D eigenvalue weighted by Gasteiger charge is -2.06. The summed E-state index contributed by atoms with van der Waals surface area (Å²) >= 11 is 0. The molecule has 1 N–H and O–H groups in total. The summed E-state index contributed by atoms with van der Waals surface area (Å²) < 4.78 is 6.99. The van der Waals surface area contributed by atoms with E-state index in [-0.39, 0.29) is 0 Å². The lowest BCUT2D eigenvalue weighted by Crippen LogP contribution is -2.05. The molecular formula is C13H13N5O. The summed E-state index contributed by atoms with van der Waals surface area (Å²) in [5.74, 6) is 0.766. The van der Waals surface area contributed by atoms with Crippen molar-refractivity contribution in [3.05, 3.63) is 48.7 Å². The standard InChI is InChI=1S/C13H13N5O/c1-18-12(7-16-17-18)6-15-11-4-2-10(3-5-11)13-8-14-9-19-13/h2-5,7-9,15H,6H2,1H3. The fraction of sp³-hybridized carbons (Fsp3) is 0.154. The van der Waals surface area contributed by atoms with E-state index in [4.69, 9.17) is 4.42 Å². The van der Waals surface area contributed by atoms with Gasteiger partial charge in [-0.3, -0.25) is 4.68 Å². The molecule has 3 rings (SSSR count). The Balaban J connectivity index is 1.68. The highest BCUT2D eigenvalue weighted by molar-refractivity contribution is 5.60. The maximum atomic E-state index is 5.24. The van der Waals surface area contributed by atoms with Crippen LogP contribution in [0.5, 0.6) is 0 Å². The minimum Gasteiger partial charge on any atom is -0.444 e. The van der Waals surface area contributed by atoms with E-state index in [9.17, 15) is 0 Å². The predicted molar refractivity (Wildman–Crippen MR) is 70.3 cm³/mol. The van der Waals surface area contributed by atoms with Crippen LogP contribution in [0.4, 0.5) is 5.69 Å². The van der Waals surface area contributed by atoms with Crippen LogP contribution in [0.25, 0.3) is 11.3 Å². The first-order valence-corrected chi connectivity index (χ1v) is 5.89. The average Bonchev–Trinajstić information content (AvgIpc) is 3.09. The van der Waals surface area contributed by atoms with Crippen LogP contribution in [0.3, 0.4) is 0 Å². The van der Waals surface area contributed by atoms with Crippen molar-refractivity contribution in [2.45, 2.75) is 6.54 Å². The molecule has 19 heavy (non-hydrogen) atoms. The van der Waals surface area contributed by atoms with Crippen LogP contribution in [0.15, 0.2) is 47.5 Å². The zero-order chi connectivity index (χ0) is 13.1. The Labute approximate surface area is 110 Å². The Morgan fingerprint density at radius 3 is 2.68 bits per heavy atom. The number of aromatic nitrogens is 4. The average molecular weight is 255 g/mol. The maximum absolute atomic E-state index is 5.24. The number of hydrogen-bond acceptors (Lipinski definition) is 5. The van der Waals surface area contributed by atoms with Gasteiger partial charge in [-0.1, -0.05) is 5.21 Å². The van der Waals surface area contributed by atoms with Gasteiger partial charge in [0.1, 0.15) is 0 Å². The van der Waals surface area contributed by atoms with Crippen LogP contribution in [0, 0.1) is 0 Å². The molecule has 0 amide bonds. The molecule has 0 atom stereocenters. The molecule has 0 fully saturated rings. The molecule has 0 aliphatic rings. The van der Waals surface area contributed by atoms with Gasteiger partial charge in [-0.25, -0.2) is 4.98 Å². The van der Waals surface area contributed by atoms with Crippen molar-refractivity contribution >= 4 is 5.69 Å². The third-order valence-corrected chi connectivity index (χ3v) is 2.88. The lowest BCUT2D eigenvalue weighted by atomic mass is 10.1. The zero-order valence-electron chi connectivity index (χ0n) is 10.4. The number of rotatable bonds is 4. The van der Waals surface area contributed by atoms with Crippen LogP contribution < -0.4 is 5.32 Å².